The largest absolute Gasteiger partial charge is 0.311 e. The average Bonchev–Trinajstić information content (AvgIpc) is 2.88. The van der Waals surface area contributed by atoms with Gasteiger partial charge in [0.05, 0.1) is 5.75 Å². The average molecular weight is 324 g/mol. The predicted octanol–water partition coefficient (Wildman–Crippen LogP) is 2.27. The van der Waals surface area contributed by atoms with Crippen LogP contribution < -0.4 is 10.0 Å². The molecule has 0 fully saturated rings. The van der Waals surface area contributed by atoms with Gasteiger partial charge in [-0.1, -0.05) is 30.3 Å². The molecule has 21 heavy (non-hydrogen) atoms. The Bertz CT molecular complexity index is 651. The molecular weight excluding hydrogens is 304 g/mol. The van der Waals surface area contributed by atoms with E-state index >= 15 is 0 Å². The van der Waals surface area contributed by atoms with E-state index in [-0.39, 0.29) is 5.75 Å². The molecule has 2 aromatic rings. The van der Waals surface area contributed by atoms with Crippen LogP contribution in [-0.2, 0) is 23.1 Å². The molecule has 2 rings (SSSR count). The molecule has 2 N–H and O–H groups in total. The van der Waals surface area contributed by atoms with Crippen molar-refractivity contribution in [3.05, 3.63) is 57.8 Å². The first-order valence-corrected chi connectivity index (χ1v) is 9.35. The minimum absolute atomic E-state index is 0.0876. The number of thiophene rings is 1. The molecule has 6 heteroatoms. The lowest BCUT2D eigenvalue weighted by Gasteiger charge is -2.08. The van der Waals surface area contributed by atoms with Gasteiger partial charge in [-0.15, -0.1) is 11.3 Å². The summed E-state index contributed by atoms with van der Waals surface area (Å²) in [4.78, 5) is 1.25. The van der Waals surface area contributed by atoms with Gasteiger partial charge in [0.2, 0.25) is 10.0 Å². The molecule has 0 saturated heterocycles. The molecule has 0 amide bonds. The van der Waals surface area contributed by atoms with Crippen molar-refractivity contribution >= 4 is 21.4 Å². The van der Waals surface area contributed by atoms with E-state index in [9.17, 15) is 8.42 Å². The lowest BCUT2D eigenvalue weighted by Crippen LogP contribution is -2.31. The van der Waals surface area contributed by atoms with E-state index in [0.29, 0.717) is 13.1 Å². The molecule has 0 atom stereocenters. The second-order valence-corrected chi connectivity index (χ2v) is 7.76. The summed E-state index contributed by atoms with van der Waals surface area (Å²) in [6.45, 7) is 3.57. The molecule has 1 aromatic heterocycles. The van der Waals surface area contributed by atoms with Gasteiger partial charge in [-0.25, -0.2) is 13.1 Å². The molecule has 4 nitrogen and oxygen atoms in total. The Kier molecular flexibility index (Phi) is 5.93. The summed E-state index contributed by atoms with van der Waals surface area (Å²) in [7, 11) is -3.24. The van der Waals surface area contributed by atoms with Crippen molar-refractivity contribution in [1.29, 1.82) is 0 Å². The van der Waals surface area contributed by atoms with Crippen LogP contribution in [0.4, 0.5) is 0 Å². The smallest absolute Gasteiger partial charge is 0.213 e. The molecule has 1 aromatic carbocycles. The van der Waals surface area contributed by atoms with E-state index < -0.39 is 10.0 Å². The Balaban J connectivity index is 1.70. The second kappa shape index (κ2) is 7.70. The monoisotopic (exact) mass is 324 g/mol. The number of sulfonamides is 1. The highest BCUT2D eigenvalue weighted by molar-refractivity contribution is 7.89. The fraction of sp³-hybridized carbons (Fsp3) is 0.333. The minimum Gasteiger partial charge on any atom is -0.311 e. The maximum absolute atomic E-state index is 11.9. The van der Waals surface area contributed by atoms with E-state index in [2.05, 4.69) is 23.0 Å². The van der Waals surface area contributed by atoms with Gasteiger partial charge in [0.1, 0.15) is 0 Å². The lowest BCUT2D eigenvalue weighted by molar-refractivity contribution is 0.576. The van der Waals surface area contributed by atoms with Crippen molar-refractivity contribution < 1.29 is 8.42 Å². The summed E-state index contributed by atoms with van der Waals surface area (Å²) >= 11 is 1.69. The predicted molar refractivity (Wildman–Crippen MR) is 87.8 cm³/mol. The zero-order valence-corrected chi connectivity index (χ0v) is 13.6. The van der Waals surface area contributed by atoms with Gasteiger partial charge >= 0.3 is 0 Å². The molecule has 114 valence electrons. The second-order valence-electron chi connectivity index (χ2n) is 4.83. The van der Waals surface area contributed by atoms with Gasteiger partial charge in [0.25, 0.3) is 0 Å². The fourth-order valence-electron chi connectivity index (χ4n) is 1.85. The van der Waals surface area contributed by atoms with Crippen LogP contribution in [-0.4, -0.2) is 20.7 Å². The zero-order chi connectivity index (χ0) is 15.1. The van der Waals surface area contributed by atoms with Crippen molar-refractivity contribution in [2.45, 2.75) is 20.0 Å². The Hall–Kier alpha value is -1.21. The van der Waals surface area contributed by atoms with Crippen LogP contribution in [0.3, 0.4) is 0 Å². The SMILES string of the molecule is Cc1ccsc1CNCCS(=O)(=O)NCc1ccccc1. The molecule has 0 bridgehead atoms. The van der Waals surface area contributed by atoms with E-state index in [1.54, 1.807) is 11.3 Å². The third kappa shape index (κ3) is 5.59. The van der Waals surface area contributed by atoms with Crippen molar-refractivity contribution in [3.63, 3.8) is 0 Å². The van der Waals surface area contributed by atoms with Gasteiger partial charge in [-0.2, -0.15) is 0 Å². The summed E-state index contributed by atoms with van der Waals surface area (Å²) < 4.78 is 26.4. The third-order valence-corrected chi connectivity index (χ3v) is 5.49. The number of hydrogen-bond donors (Lipinski definition) is 2. The third-order valence-electron chi connectivity index (χ3n) is 3.14. The Labute approximate surface area is 130 Å². The number of hydrogen-bond acceptors (Lipinski definition) is 4. The van der Waals surface area contributed by atoms with Crippen molar-refractivity contribution in [2.24, 2.45) is 0 Å². The van der Waals surface area contributed by atoms with E-state index in [0.717, 1.165) is 12.1 Å². The molecule has 0 aliphatic carbocycles. The maximum atomic E-state index is 11.9. The molecule has 0 radical (unpaired) electrons. The molecule has 0 saturated carbocycles. The summed E-state index contributed by atoms with van der Waals surface area (Å²) in [6.07, 6.45) is 0. The number of aryl methyl sites for hydroxylation is 1. The maximum Gasteiger partial charge on any atom is 0.213 e. The van der Waals surface area contributed by atoms with Gasteiger partial charge in [-0.05, 0) is 29.5 Å². The lowest BCUT2D eigenvalue weighted by atomic mass is 10.2. The van der Waals surface area contributed by atoms with Crippen LogP contribution in [0.1, 0.15) is 16.0 Å². The summed E-state index contributed by atoms with van der Waals surface area (Å²) in [5.74, 6) is 0.0876. The summed E-state index contributed by atoms with van der Waals surface area (Å²) in [5, 5.41) is 5.22. The first kappa shape index (κ1) is 16.2. The summed E-state index contributed by atoms with van der Waals surface area (Å²) in [6, 6.07) is 11.6. The summed E-state index contributed by atoms with van der Waals surface area (Å²) in [5.41, 5.74) is 2.21. The highest BCUT2D eigenvalue weighted by Crippen LogP contribution is 2.14. The highest BCUT2D eigenvalue weighted by atomic mass is 32.2. The van der Waals surface area contributed by atoms with Crippen LogP contribution >= 0.6 is 11.3 Å². The number of rotatable bonds is 8. The quantitative estimate of drug-likeness (QED) is 0.732. The van der Waals surface area contributed by atoms with Crippen molar-refractivity contribution in [2.75, 3.05) is 12.3 Å². The first-order valence-electron chi connectivity index (χ1n) is 6.82. The molecular formula is C15H20N2O2S2. The van der Waals surface area contributed by atoms with Crippen LogP contribution in [0.15, 0.2) is 41.8 Å². The standard InChI is InChI=1S/C15H20N2O2S2/c1-13-7-9-20-15(13)12-16-8-10-21(18,19)17-11-14-5-3-2-4-6-14/h2-7,9,16-17H,8,10-12H2,1H3. The van der Waals surface area contributed by atoms with Crippen LogP contribution in [0, 0.1) is 6.92 Å². The van der Waals surface area contributed by atoms with Crippen LogP contribution in [0.5, 0.6) is 0 Å². The molecule has 0 unspecified atom stereocenters. The Morgan fingerprint density at radius 1 is 1.10 bits per heavy atom. The minimum atomic E-state index is -3.24. The molecule has 0 spiro atoms. The topological polar surface area (TPSA) is 58.2 Å². The molecule has 1 heterocycles. The van der Waals surface area contributed by atoms with Gasteiger partial charge < -0.3 is 5.32 Å². The zero-order valence-electron chi connectivity index (χ0n) is 12.0. The van der Waals surface area contributed by atoms with Crippen LogP contribution in [0.25, 0.3) is 0 Å². The van der Waals surface area contributed by atoms with Crippen LogP contribution in [0.2, 0.25) is 0 Å². The van der Waals surface area contributed by atoms with Crippen molar-refractivity contribution in [1.82, 2.24) is 10.0 Å². The Morgan fingerprint density at radius 3 is 2.52 bits per heavy atom. The Morgan fingerprint density at radius 2 is 1.86 bits per heavy atom. The van der Waals surface area contributed by atoms with Crippen molar-refractivity contribution in [3.8, 4) is 0 Å². The fourth-order valence-corrected chi connectivity index (χ4v) is 3.67. The highest BCUT2D eigenvalue weighted by Gasteiger charge is 2.09. The molecule has 0 aliphatic heterocycles. The van der Waals surface area contributed by atoms with E-state index in [1.165, 1.54) is 10.4 Å². The van der Waals surface area contributed by atoms with Gasteiger partial charge in [0.15, 0.2) is 0 Å². The van der Waals surface area contributed by atoms with Gasteiger partial charge in [-0.3, -0.25) is 0 Å². The first-order chi connectivity index (χ1) is 10.1. The van der Waals surface area contributed by atoms with E-state index in [1.807, 2.05) is 35.7 Å². The van der Waals surface area contributed by atoms with Gasteiger partial charge in [0, 0.05) is 24.5 Å². The number of benzene rings is 1. The molecule has 0 aliphatic rings. The normalized spacial score (nSPS) is 11.7. The van der Waals surface area contributed by atoms with E-state index in [4.69, 9.17) is 0 Å². The number of nitrogens with one attached hydrogen (secondary N) is 2.